The number of carbonyl (C=O) groups is 2. The minimum atomic E-state index is -0.982. The first kappa shape index (κ1) is 16.0. The van der Waals surface area contributed by atoms with Crippen LogP contribution in [0.2, 0.25) is 0 Å². The standard InChI is InChI=1S/C14H25NO4/c1-3-14(4-2,13(18)19)9-12(17)15-10-7-5-6-8-11(10)16/h10-11,16H,3-9H2,1-2H3,(H,15,17)(H,18,19)/t10-,11-/m0/s1. The first-order valence-corrected chi connectivity index (χ1v) is 7.16. The van der Waals surface area contributed by atoms with Crippen molar-refractivity contribution in [2.75, 3.05) is 0 Å². The zero-order valence-corrected chi connectivity index (χ0v) is 11.8. The Morgan fingerprint density at radius 3 is 2.26 bits per heavy atom. The van der Waals surface area contributed by atoms with Crippen LogP contribution in [0.5, 0.6) is 0 Å². The van der Waals surface area contributed by atoms with Crippen molar-refractivity contribution < 1.29 is 19.8 Å². The molecule has 1 rings (SSSR count). The van der Waals surface area contributed by atoms with Crippen LogP contribution in [-0.2, 0) is 9.59 Å². The highest BCUT2D eigenvalue weighted by Gasteiger charge is 2.38. The van der Waals surface area contributed by atoms with E-state index in [0.717, 1.165) is 19.3 Å². The molecule has 0 saturated heterocycles. The summed E-state index contributed by atoms with van der Waals surface area (Å²) >= 11 is 0. The van der Waals surface area contributed by atoms with Gasteiger partial charge in [0, 0.05) is 6.42 Å². The molecule has 3 N–H and O–H groups in total. The van der Waals surface area contributed by atoms with Crippen LogP contribution in [-0.4, -0.2) is 34.2 Å². The van der Waals surface area contributed by atoms with E-state index in [1.165, 1.54) is 0 Å². The lowest BCUT2D eigenvalue weighted by Crippen LogP contribution is -2.47. The van der Waals surface area contributed by atoms with Crippen LogP contribution in [0.15, 0.2) is 0 Å². The Morgan fingerprint density at radius 2 is 1.79 bits per heavy atom. The number of hydrogen-bond acceptors (Lipinski definition) is 3. The van der Waals surface area contributed by atoms with Gasteiger partial charge in [0.2, 0.25) is 5.91 Å². The molecular weight excluding hydrogens is 246 g/mol. The summed E-state index contributed by atoms with van der Waals surface area (Å²) in [6.45, 7) is 3.58. The third kappa shape index (κ3) is 3.93. The molecule has 5 nitrogen and oxygen atoms in total. The molecule has 0 aromatic rings. The quantitative estimate of drug-likeness (QED) is 0.686. The van der Waals surface area contributed by atoms with Crippen molar-refractivity contribution in [2.24, 2.45) is 5.41 Å². The predicted molar refractivity (Wildman–Crippen MR) is 71.7 cm³/mol. The van der Waals surface area contributed by atoms with Crippen molar-refractivity contribution in [3.63, 3.8) is 0 Å². The number of rotatable bonds is 6. The Labute approximate surface area is 114 Å². The van der Waals surface area contributed by atoms with Gasteiger partial charge in [-0.3, -0.25) is 9.59 Å². The third-order valence-electron chi connectivity index (χ3n) is 4.38. The van der Waals surface area contributed by atoms with Crippen molar-refractivity contribution in [1.82, 2.24) is 5.32 Å². The van der Waals surface area contributed by atoms with Crippen LogP contribution in [0.4, 0.5) is 0 Å². The topological polar surface area (TPSA) is 86.6 Å². The summed E-state index contributed by atoms with van der Waals surface area (Å²) in [6, 6.07) is -0.221. The van der Waals surface area contributed by atoms with E-state index in [4.69, 9.17) is 0 Å². The molecule has 0 radical (unpaired) electrons. The van der Waals surface area contributed by atoms with Crippen LogP contribution in [0.1, 0.15) is 58.8 Å². The average molecular weight is 271 g/mol. The number of carboxylic acid groups (broad SMARTS) is 1. The second-order valence-electron chi connectivity index (χ2n) is 5.50. The lowest BCUT2D eigenvalue weighted by molar-refractivity contribution is -0.152. The first-order chi connectivity index (χ1) is 8.95. The molecule has 2 atom stereocenters. The van der Waals surface area contributed by atoms with Gasteiger partial charge in [-0.15, -0.1) is 0 Å². The summed E-state index contributed by atoms with van der Waals surface area (Å²) in [5.74, 6) is -1.19. The SMILES string of the molecule is CCC(CC)(CC(=O)N[C@H]1CCCC[C@@H]1O)C(=O)O. The van der Waals surface area contributed by atoms with Gasteiger partial charge in [-0.1, -0.05) is 26.7 Å². The van der Waals surface area contributed by atoms with Crippen molar-refractivity contribution in [3.05, 3.63) is 0 Å². The van der Waals surface area contributed by atoms with Gasteiger partial charge in [0.15, 0.2) is 0 Å². The lowest BCUT2D eigenvalue weighted by Gasteiger charge is -2.31. The van der Waals surface area contributed by atoms with Crippen LogP contribution in [0.25, 0.3) is 0 Å². The van der Waals surface area contributed by atoms with E-state index in [-0.39, 0.29) is 18.4 Å². The smallest absolute Gasteiger partial charge is 0.310 e. The van der Waals surface area contributed by atoms with Crippen molar-refractivity contribution in [3.8, 4) is 0 Å². The summed E-state index contributed by atoms with van der Waals surface area (Å²) in [5, 5.41) is 21.9. The fourth-order valence-corrected chi connectivity index (χ4v) is 2.72. The van der Waals surface area contributed by atoms with Crippen LogP contribution < -0.4 is 5.32 Å². The molecule has 19 heavy (non-hydrogen) atoms. The van der Waals surface area contributed by atoms with E-state index in [9.17, 15) is 19.8 Å². The lowest BCUT2D eigenvalue weighted by atomic mass is 9.79. The van der Waals surface area contributed by atoms with Crippen molar-refractivity contribution >= 4 is 11.9 Å². The Kier molecular flexibility index (Phi) is 5.79. The summed E-state index contributed by atoms with van der Waals surface area (Å²) in [5.41, 5.74) is -0.982. The zero-order chi connectivity index (χ0) is 14.5. The fraction of sp³-hybridized carbons (Fsp3) is 0.857. The molecule has 5 heteroatoms. The second kappa shape index (κ2) is 6.89. The maximum Gasteiger partial charge on any atom is 0.310 e. The Hall–Kier alpha value is -1.10. The Balaban J connectivity index is 2.60. The van der Waals surface area contributed by atoms with Gasteiger partial charge in [0.05, 0.1) is 17.6 Å². The van der Waals surface area contributed by atoms with E-state index in [2.05, 4.69) is 5.32 Å². The molecule has 1 aliphatic rings. The van der Waals surface area contributed by atoms with Gasteiger partial charge < -0.3 is 15.5 Å². The zero-order valence-electron chi connectivity index (χ0n) is 11.8. The number of aliphatic carboxylic acids is 1. The van der Waals surface area contributed by atoms with Crippen LogP contribution in [0, 0.1) is 5.41 Å². The minimum absolute atomic E-state index is 0.0153. The maximum absolute atomic E-state index is 12.0. The second-order valence-corrected chi connectivity index (χ2v) is 5.50. The van der Waals surface area contributed by atoms with Gasteiger partial charge in [-0.05, 0) is 25.7 Å². The summed E-state index contributed by atoms with van der Waals surface area (Å²) < 4.78 is 0. The van der Waals surface area contributed by atoms with E-state index in [0.29, 0.717) is 19.3 Å². The number of aliphatic hydroxyl groups is 1. The van der Waals surface area contributed by atoms with Gasteiger partial charge in [-0.25, -0.2) is 0 Å². The highest BCUT2D eigenvalue weighted by molar-refractivity contribution is 5.85. The molecule has 0 aliphatic heterocycles. The molecule has 1 amide bonds. The summed E-state index contributed by atoms with van der Waals surface area (Å²) in [6.07, 6.45) is 3.80. The minimum Gasteiger partial charge on any atom is -0.481 e. The van der Waals surface area contributed by atoms with E-state index in [1.54, 1.807) is 13.8 Å². The maximum atomic E-state index is 12.0. The molecule has 0 bridgehead atoms. The number of hydrogen-bond donors (Lipinski definition) is 3. The van der Waals surface area contributed by atoms with Crippen molar-refractivity contribution in [2.45, 2.75) is 70.9 Å². The highest BCUT2D eigenvalue weighted by atomic mass is 16.4. The number of carbonyl (C=O) groups excluding carboxylic acids is 1. The van der Waals surface area contributed by atoms with Crippen LogP contribution >= 0.6 is 0 Å². The van der Waals surface area contributed by atoms with Crippen LogP contribution in [0.3, 0.4) is 0 Å². The normalized spacial score (nSPS) is 23.9. The van der Waals surface area contributed by atoms with E-state index >= 15 is 0 Å². The Morgan fingerprint density at radius 1 is 1.21 bits per heavy atom. The number of nitrogens with one attached hydrogen (secondary N) is 1. The monoisotopic (exact) mass is 271 g/mol. The average Bonchev–Trinajstić information content (AvgIpc) is 2.38. The fourth-order valence-electron chi connectivity index (χ4n) is 2.72. The van der Waals surface area contributed by atoms with Gasteiger partial charge in [0.25, 0.3) is 0 Å². The highest BCUT2D eigenvalue weighted by Crippen LogP contribution is 2.31. The Bertz CT molecular complexity index is 325. The summed E-state index contributed by atoms with van der Waals surface area (Å²) in [4.78, 5) is 23.4. The van der Waals surface area contributed by atoms with Crippen molar-refractivity contribution in [1.29, 1.82) is 0 Å². The molecule has 110 valence electrons. The van der Waals surface area contributed by atoms with Gasteiger partial charge in [0.1, 0.15) is 0 Å². The van der Waals surface area contributed by atoms with E-state index in [1.807, 2.05) is 0 Å². The third-order valence-corrected chi connectivity index (χ3v) is 4.38. The summed E-state index contributed by atoms with van der Waals surface area (Å²) in [7, 11) is 0. The number of aliphatic hydroxyl groups excluding tert-OH is 1. The molecule has 0 unspecified atom stereocenters. The molecule has 0 heterocycles. The number of amides is 1. The van der Waals surface area contributed by atoms with Gasteiger partial charge in [-0.2, -0.15) is 0 Å². The molecule has 0 spiro atoms. The molecular formula is C14H25NO4. The molecule has 0 aromatic heterocycles. The molecule has 1 saturated carbocycles. The largest absolute Gasteiger partial charge is 0.481 e. The molecule has 1 aliphatic carbocycles. The number of carboxylic acids is 1. The molecule has 0 aromatic carbocycles. The molecule has 1 fully saturated rings. The van der Waals surface area contributed by atoms with Gasteiger partial charge >= 0.3 is 5.97 Å². The first-order valence-electron chi connectivity index (χ1n) is 7.16. The predicted octanol–water partition coefficient (Wildman–Crippen LogP) is 1.69. The van der Waals surface area contributed by atoms with E-state index < -0.39 is 17.5 Å².